The van der Waals surface area contributed by atoms with Gasteiger partial charge in [-0.3, -0.25) is 0 Å². The molecule has 0 N–H and O–H groups in total. The molecule has 0 aliphatic heterocycles. The number of hydrogen-bond acceptors (Lipinski definition) is 0. The maximum absolute atomic E-state index is 3.51. The fraction of sp³-hybridized carbons (Fsp3) is 0.143. The normalized spacial score (nSPS) is 10.4. The van der Waals surface area contributed by atoms with Crippen LogP contribution in [0, 0.1) is 6.92 Å². The molecule has 0 heterocycles. The van der Waals surface area contributed by atoms with Crippen molar-refractivity contribution in [3.63, 3.8) is 0 Å². The van der Waals surface area contributed by atoms with Gasteiger partial charge in [-0.2, -0.15) is 0 Å². The summed E-state index contributed by atoms with van der Waals surface area (Å²) in [5, 5.41) is 0. The van der Waals surface area contributed by atoms with E-state index in [9.17, 15) is 0 Å². The summed E-state index contributed by atoms with van der Waals surface area (Å²) >= 11 is 7.02. The second-order valence-electron chi connectivity index (χ2n) is 3.94. The first kappa shape index (κ1) is 11.9. The molecule has 0 radical (unpaired) electrons. The van der Waals surface area contributed by atoms with Crippen molar-refractivity contribution in [2.24, 2.45) is 0 Å². The van der Waals surface area contributed by atoms with Crippen molar-refractivity contribution in [1.82, 2.24) is 0 Å². The van der Waals surface area contributed by atoms with Gasteiger partial charge in [0, 0.05) is 8.95 Å². The Labute approximate surface area is 113 Å². The number of hydrogen-bond donors (Lipinski definition) is 0. The predicted octanol–water partition coefficient (Wildman–Crippen LogP) is 5.11. The third kappa shape index (κ3) is 3.19. The lowest BCUT2D eigenvalue weighted by molar-refractivity contribution is 1.18. The SMILES string of the molecule is Cc1ccc(Cc2cc(Br)cc(Br)c2)cc1. The molecular formula is C14H12Br2. The van der Waals surface area contributed by atoms with Gasteiger partial charge < -0.3 is 0 Å². The van der Waals surface area contributed by atoms with E-state index >= 15 is 0 Å². The number of aryl methyl sites for hydroxylation is 1. The standard InChI is InChI=1S/C14H12Br2/c1-10-2-4-11(5-3-10)6-12-7-13(15)9-14(16)8-12/h2-5,7-9H,6H2,1H3. The fourth-order valence-corrected chi connectivity index (χ4v) is 3.04. The van der Waals surface area contributed by atoms with Gasteiger partial charge in [0.15, 0.2) is 0 Å². The summed E-state index contributed by atoms with van der Waals surface area (Å²) in [6, 6.07) is 15.0. The molecule has 16 heavy (non-hydrogen) atoms. The molecule has 2 aromatic carbocycles. The van der Waals surface area contributed by atoms with E-state index in [0.29, 0.717) is 0 Å². The third-order valence-corrected chi connectivity index (χ3v) is 3.37. The molecule has 0 atom stereocenters. The van der Waals surface area contributed by atoms with Crippen LogP contribution in [-0.4, -0.2) is 0 Å². The molecule has 2 aromatic rings. The molecule has 0 aliphatic carbocycles. The minimum Gasteiger partial charge on any atom is -0.0590 e. The summed E-state index contributed by atoms with van der Waals surface area (Å²) in [6.07, 6.45) is 0.971. The van der Waals surface area contributed by atoms with Crippen LogP contribution in [0.25, 0.3) is 0 Å². The molecule has 0 aliphatic rings. The Balaban J connectivity index is 2.23. The van der Waals surface area contributed by atoms with Crippen LogP contribution in [0.15, 0.2) is 51.4 Å². The number of rotatable bonds is 2. The van der Waals surface area contributed by atoms with Gasteiger partial charge in [0.05, 0.1) is 0 Å². The van der Waals surface area contributed by atoms with Crippen molar-refractivity contribution in [1.29, 1.82) is 0 Å². The first-order valence-corrected chi connectivity index (χ1v) is 6.72. The van der Waals surface area contributed by atoms with Crippen molar-refractivity contribution in [3.05, 3.63) is 68.1 Å². The van der Waals surface area contributed by atoms with Gasteiger partial charge in [-0.15, -0.1) is 0 Å². The van der Waals surface area contributed by atoms with Crippen LogP contribution in [0.3, 0.4) is 0 Å². The van der Waals surface area contributed by atoms with Crippen LogP contribution in [0.1, 0.15) is 16.7 Å². The van der Waals surface area contributed by atoms with E-state index in [4.69, 9.17) is 0 Å². The minimum absolute atomic E-state index is 0.971. The molecule has 0 nitrogen and oxygen atoms in total. The fourth-order valence-electron chi connectivity index (χ4n) is 1.65. The smallest absolute Gasteiger partial charge is 0.0189 e. The van der Waals surface area contributed by atoms with Crippen LogP contribution in [0.2, 0.25) is 0 Å². The molecule has 0 saturated heterocycles. The summed E-state index contributed by atoms with van der Waals surface area (Å²) in [4.78, 5) is 0. The van der Waals surface area contributed by atoms with Crippen molar-refractivity contribution in [3.8, 4) is 0 Å². The van der Waals surface area contributed by atoms with Gasteiger partial charge in [-0.05, 0) is 42.7 Å². The monoisotopic (exact) mass is 338 g/mol. The quantitative estimate of drug-likeness (QED) is 0.713. The Kier molecular flexibility index (Phi) is 3.82. The first-order valence-electron chi connectivity index (χ1n) is 5.14. The molecule has 2 rings (SSSR count). The first-order chi connectivity index (χ1) is 7.63. The topological polar surface area (TPSA) is 0 Å². The van der Waals surface area contributed by atoms with Crippen molar-refractivity contribution >= 4 is 31.9 Å². The summed E-state index contributed by atoms with van der Waals surface area (Å²) in [5.41, 5.74) is 3.96. The van der Waals surface area contributed by atoms with E-state index in [1.165, 1.54) is 16.7 Å². The maximum Gasteiger partial charge on any atom is 0.0189 e. The summed E-state index contributed by atoms with van der Waals surface area (Å²) in [5.74, 6) is 0. The molecule has 0 amide bonds. The van der Waals surface area contributed by atoms with E-state index in [0.717, 1.165) is 15.4 Å². The lowest BCUT2D eigenvalue weighted by Gasteiger charge is -2.04. The van der Waals surface area contributed by atoms with Crippen molar-refractivity contribution in [2.75, 3.05) is 0 Å². The molecule has 2 heteroatoms. The second kappa shape index (κ2) is 5.15. The van der Waals surface area contributed by atoms with E-state index in [1.807, 2.05) is 0 Å². The highest BCUT2D eigenvalue weighted by Gasteiger charge is 1.99. The molecule has 0 fully saturated rings. The molecule has 0 unspecified atom stereocenters. The highest BCUT2D eigenvalue weighted by molar-refractivity contribution is 9.11. The zero-order valence-electron chi connectivity index (χ0n) is 9.00. The Hall–Kier alpha value is -0.600. The van der Waals surface area contributed by atoms with Gasteiger partial charge in [-0.1, -0.05) is 61.7 Å². The summed E-state index contributed by atoms with van der Waals surface area (Å²) in [7, 11) is 0. The molecule has 0 bridgehead atoms. The van der Waals surface area contributed by atoms with Gasteiger partial charge in [0.25, 0.3) is 0 Å². The van der Waals surface area contributed by atoms with Crippen molar-refractivity contribution in [2.45, 2.75) is 13.3 Å². The average molecular weight is 340 g/mol. The third-order valence-electron chi connectivity index (χ3n) is 2.45. The Bertz CT molecular complexity index is 466. The van der Waals surface area contributed by atoms with Crippen molar-refractivity contribution < 1.29 is 0 Å². The second-order valence-corrected chi connectivity index (χ2v) is 5.77. The highest BCUT2D eigenvalue weighted by Crippen LogP contribution is 2.22. The zero-order valence-corrected chi connectivity index (χ0v) is 12.2. The number of halogens is 2. The lowest BCUT2D eigenvalue weighted by atomic mass is 10.0. The average Bonchev–Trinajstić information content (AvgIpc) is 2.20. The van der Waals surface area contributed by atoms with E-state index < -0.39 is 0 Å². The van der Waals surface area contributed by atoms with E-state index in [-0.39, 0.29) is 0 Å². The Morgan fingerprint density at radius 1 is 0.812 bits per heavy atom. The summed E-state index contributed by atoms with van der Waals surface area (Å²) < 4.78 is 2.23. The van der Waals surface area contributed by atoms with Crippen LogP contribution >= 0.6 is 31.9 Å². The Morgan fingerprint density at radius 2 is 1.38 bits per heavy atom. The molecule has 0 aromatic heterocycles. The van der Waals surface area contributed by atoms with Gasteiger partial charge in [-0.25, -0.2) is 0 Å². The molecule has 0 saturated carbocycles. The van der Waals surface area contributed by atoms with Crippen LogP contribution in [-0.2, 0) is 6.42 Å². The largest absolute Gasteiger partial charge is 0.0590 e. The molecule has 0 spiro atoms. The van der Waals surface area contributed by atoms with Gasteiger partial charge in [0.2, 0.25) is 0 Å². The van der Waals surface area contributed by atoms with Gasteiger partial charge >= 0.3 is 0 Å². The minimum atomic E-state index is 0.971. The van der Waals surface area contributed by atoms with Gasteiger partial charge in [0.1, 0.15) is 0 Å². The van der Waals surface area contributed by atoms with Crippen LogP contribution < -0.4 is 0 Å². The Morgan fingerprint density at radius 3 is 1.94 bits per heavy atom. The zero-order chi connectivity index (χ0) is 11.5. The van der Waals surface area contributed by atoms with Crippen LogP contribution in [0.5, 0.6) is 0 Å². The van der Waals surface area contributed by atoms with E-state index in [2.05, 4.69) is 81.2 Å². The molecule has 82 valence electrons. The number of benzene rings is 2. The predicted molar refractivity (Wildman–Crippen MR) is 75.8 cm³/mol. The van der Waals surface area contributed by atoms with Crippen LogP contribution in [0.4, 0.5) is 0 Å². The highest BCUT2D eigenvalue weighted by atomic mass is 79.9. The maximum atomic E-state index is 3.51. The van der Waals surface area contributed by atoms with E-state index in [1.54, 1.807) is 0 Å². The summed E-state index contributed by atoms with van der Waals surface area (Å²) in [6.45, 7) is 2.11. The molecular weight excluding hydrogens is 328 g/mol. The lowest BCUT2D eigenvalue weighted by Crippen LogP contribution is -1.88.